The van der Waals surface area contributed by atoms with Crippen molar-refractivity contribution in [1.82, 2.24) is 9.97 Å². The average Bonchev–Trinajstić information content (AvgIpc) is 2.53. The van der Waals surface area contributed by atoms with Gasteiger partial charge in [-0.3, -0.25) is 9.97 Å². The number of nitrogens with two attached hydrogens (primary N) is 2. The van der Waals surface area contributed by atoms with E-state index in [1.165, 1.54) is 0 Å². The second-order valence-electron chi connectivity index (χ2n) is 5.91. The van der Waals surface area contributed by atoms with Crippen LogP contribution in [-0.4, -0.2) is 21.5 Å². The molecule has 0 radical (unpaired) electrons. The van der Waals surface area contributed by atoms with E-state index in [0.29, 0.717) is 0 Å². The van der Waals surface area contributed by atoms with Crippen molar-refractivity contribution in [3.63, 3.8) is 0 Å². The highest BCUT2D eigenvalue weighted by Gasteiger charge is 2.44. The molecule has 4 heteroatoms. The zero-order chi connectivity index (χ0) is 14.7. The molecule has 0 saturated heterocycles. The Kier molecular flexibility index (Phi) is 3.99. The zero-order valence-electron chi connectivity index (χ0n) is 12.2. The van der Waals surface area contributed by atoms with Crippen LogP contribution in [0.2, 0.25) is 0 Å². The molecule has 1 fully saturated rings. The van der Waals surface area contributed by atoms with Crippen LogP contribution in [0.1, 0.15) is 43.0 Å². The molecular formula is C17H22N4. The summed E-state index contributed by atoms with van der Waals surface area (Å²) in [6.07, 6.45) is 7.75. The van der Waals surface area contributed by atoms with Crippen molar-refractivity contribution >= 4 is 0 Å². The van der Waals surface area contributed by atoms with Crippen molar-refractivity contribution in [3.05, 3.63) is 60.2 Å². The molecule has 2 atom stereocenters. The summed E-state index contributed by atoms with van der Waals surface area (Å²) < 4.78 is 0. The Balaban J connectivity index is 2.08. The second kappa shape index (κ2) is 5.92. The summed E-state index contributed by atoms with van der Waals surface area (Å²) in [5.41, 5.74) is 14.6. The number of hydrogen-bond donors (Lipinski definition) is 2. The largest absolute Gasteiger partial charge is 0.326 e. The van der Waals surface area contributed by atoms with Gasteiger partial charge in [-0.25, -0.2) is 0 Å². The fourth-order valence-electron chi connectivity index (χ4n) is 3.40. The number of nitrogens with zero attached hydrogens (tertiary/aromatic N) is 2. The van der Waals surface area contributed by atoms with Crippen LogP contribution in [0.15, 0.2) is 48.8 Å². The summed E-state index contributed by atoms with van der Waals surface area (Å²) in [5, 5.41) is 0. The van der Waals surface area contributed by atoms with Gasteiger partial charge in [-0.2, -0.15) is 0 Å². The summed E-state index contributed by atoms with van der Waals surface area (Å²) in [4.78, 5) is 9.07. The van der Waals surface area contributed by atoms with E-state index in [1.54, 1.807) is 0 Å². The first-order chi connectivity index (χ1) is 10.2. The predicted molar refractivity (Wildman–Crippen MR) is 83.7 cm³/mol. The molecule has 0 spiro atoms. The van der Waals surface area contributed by atoms with E-state index in [2.05, 4.69) is 9.97 Å². The van der Waals surface area contributed by atoms with Crippen LogP contribution < -0.4 is 11.5 Å². The molecule has 0 bridgehead atoms. The van der Waals surface area contributed by atoms with E-state index >= 15 is 0 Å². The minimum Gasteiger partial charge on any atom is -0.326 e. The van der Waals surface area contributed by atoms with Gasteiger partial charge >= 0.3 is 0 Å². The van der Waals surface area contributed by atoms with Gasteiger partial charge in [-0.1, -0.05) is 25.0 Å². The Morgan fingerprint density at radius 2 is 1.62 bits per heavy atom. The molecule has 0 amide bonds. The van der Waals surface area contributed by atoms with Gasteiger partial charge in [0.25, 0.3) is 0 Å². The van der Waals surface area contributed by atoms with Crippen molar-refractivity contribution in [2.24, 2.45) is 11.5 Å². The number of aromatic nitrogens is 2. The molecule has 2 aromatic rings. The third-order valence-electron chi connectivity index (χ3n) is 4.57. The van der Waals surface area contributed by atoms with Gasteiger partial charge in [0, 0.05) is 24.0 Å². The van der Waals surface area contributed by atoms with Gasteiger partial charge in [-0.15, -0.1) is 0 Å². The lowest BCUT2D eigenvalue weighted by Gasteiger charge is -2.44. The van der Waals surface area contributed by atoms with Crippen LogP contribution in [0, 0.1) is 0 Å². The van der Waals surface area contributed by atoms with Crippen LogP contribution in [0.25, 0.3) is 0 Å². The molecule has 4 N–H and O–H groups in total. The van der Waals surface area contributed by atoms with E-state index in [9.17, 15) is 0 Å². The van der Waals surface area contributed by atoms with Gasteiger partial charge < -0.3 is 11.5 Å². The molecule has 110 valence electrons. The highest BCUT2D eigenvalue weighted by Crippen LogP contribution is 2.40. The lowest BCUT2D eigenvalue weighted by Crippen LogP contribution is -2.61. The average molecular weight is 282 g/mol. The van der Waals surface area contributed by atoms with E-state index < -0.39 is 5.54 Å². The molecular weight excluding hydrogens is 260 g/mol. The lowest BCUT2D eigenvalue weighted by atomic mass is 9.68. The van der Waals surface area contributed by atoms with Gasteiger partial charge in [0.05, 0.1) is 17.3 Å². The second-order valence-corrected chi connectivity index (χ2v) is 5.91. The van der Waals surface area contributed by atoms with Crippen molar-refractivity contribution in [2.45, 2.75) is 43.2 Å². The van der Waals surface area contributed by atoms with Crippen LogP contribution in [-0.2, 0) is 0 Å². The summed E-state index contributed by atoms with van der Waals surface area (Å²) in [6, 6.07) is 11.8. The van der Waals surface area contributed by atoms with Crippen molar-refractivity contribution < 1.29 is 0 Å². The van der Waals surface area contributed by atoms with E-state index in [0.717, 1.165) is 37.1 Å². The molecule has 0 aromatic carbocycles. The maximum atomic E-state index is 6.81. The van der Waals surface area contributed by atoms with Crippen LogP contribution in [0.4, 0.5) is 0 Å². The van der Waals surface area contributed by atoms with Crippen LogP contribution >= 0.6 is 0 Å². The summed E-state index contributed by atoms with van der Waals surface area (Å²) >= 11 is 0. The number of pyridine rings is 2. The maximum Gasteiger partial charge on any atom is 0.0630 e. The Labute approximate surface area is 125 Å². The van der Waals surface area contributed by atoms with E-state index in [4.69, 9.17) is 11.5 Å². The Hall–Kier alpha value is -1.78. The minimum absolute atomic E-state index is 0.0275. The number of rotatable bonds is 3. The first kappa shape index (κ1) is 14.2. The monoisotopic (exact) mass is 282 g/mol. The van der Waals surface area contributed by atoms with Crippen molar-refractivity contribution in [2.75, 3.05) is 0 Å². The molecule has 2 aromatic heterocycles. The van der Waals surface area contributed by atoms with E-state index in [1.807, 2.05) is 48.8 Å². The van der Waals surface area contributed by atoms with Crippen LogP contribution in [0.3, 0.4) is 0 Å². The molecule has 4 nitrogen and oxygen atoms in total. The fraction of sp³-hybridized carbons (Fsp3) is 0.412. The SMILES string of the molecule is NC1CCCCC1(N)C(c1ccccn1)c1ccccn1. The quantitative estimate of drug-likeness (QED) is 0.904. The standard InChI is InChI=1S/C17H22N4/c18-15-9-1-4-10-17(15,19)16(13-7-2-5-11-20-13)14-8-3-6-12-21-14/h2-3,5-8,11-12,15-16H,1,4,9-10,18-19H2. The first-order valence-corrected chi connectivity index (χ1v) is 7.58. The predicted octanol–water partition coefficient (Wildman–Crippen LogP) is 2.21. The molecule has 21 heavy (non-hydrogen) atoms. The fourth-order valence-corrected chi connectivity index (χ4v) is 3.40. The minimum atomic E-state index is -0.485. The third kappa shape index (κ3) is 2.69. The zero-order valence-corrected chi connectivity index (χ0v) is 12.2. The van der Waals surface area contributed by atoms with Gasteiger partial charge in [-0.05, 0) is 37.1 Å². The number of hydrogen-bond acceptors (Lipinski definition) is 4. The maximum absolute atomic E-state index is 6.81. The first-order valence-electron chi connectivity index (χ1n) is 7.58. The highest BCUT2D eigenvalue weighted by molar-refractivity contribution is 5.30. The topological polar surface area (TPSA) is 77.8 Å². The Morgan fingerprint density at radius 1 is 1.00 bits per heavy atom. The van der Waals surface area contributed by atoms with Gasteiger partial charge in [0.2, 0.25) is 0 Å². The molecule has 0 aliphatic heterocycles. The molecule has 1 saturated carbocycles. The van der Waals surface area contributed by atoms with Gasteiger partial charge in [0.1, 0.15) is 0 Å². The Morgan fingerprint density at radius 3 is 2.10 bits per heavy atom. The molecule has 1 aliphatic carbocycles. The molecule has 2 unspecified atom stereocenters. The smallest absolute Gasteiger partial charge is 0.0630 e. The normalized spacial score (nSPS) is 26.0. The van der Waals surface area contributed by atoms with Crippen molar-refractivity contribution in [1.29, 1.82) is 0 Å². The molecule has 1 aliphatic rings. The summed E-state index contributed by atoms with van der Waals surface area (Å²) in [6.45, 7) is 0. The molecule has 2 heterocycles. The Bertz CT molecular complexity index is 532. The van der Waals surface area contributed by atoms with Crippen LogP contribution in [0.5, 0.6) is 0 Å². The van der Waals surface area contributed by atoms with Crippen molar-refractivity contribution in [3.8, 4) is 0 Å². The lowest BCUT2D eigenvalue weighted by molar-refractivity contribution is 0.223. The summed E-state index contributed by atoms with van der Waals surface area (Å²) in [5.74, 6) is -0.0600. The third-order valence-corrected chi connectivity index (χ3v) is 4.57. The van der Waals surface area contributed by atoms with Gasteiger partial charge in [0.15, 0.2) is 0 Å². The summed E-state index contributed by atoms with van der Waals surface area (Å²) in [7, 11) is 0. The van der Waals surface area contributed by atoms with E-state index in [-0.39, 0.29) is 12.0 Å². The molecule has 3 rings (SSSR count). The highest BCUT2D eigenvalue weighted by atomic mass is 14.9.